The Kier molecular flexibility index (Phi) is 9.97. The fourth-order valence-corrected chi connectivity index (χ4v) is 9.16. The summed E-state index contributed by atoms with van der Waals surface area (Å²) in [6.45, 7) is 0. The number of nitrogens with zero attached hydrogens (tertiary/aromatic N) is 1. The minimum absolute atomic E-state index is 1.08. The number of fused-ring (bicyclic) bond motifs is 2. The molecule has 11 aromatic carbocycles. The van der Waals surface area contributed by atoms with Gasteiger partial charge in [0, 0.05) is 16.9 Å². The summed E-state index contributed by atoms with van der Waals surface area (Å²) in [6, 6.07) is 94.7. The molecule has 0 atom stereocenters. The molecule has 0 aromatic heterocycles. The number of hydrogen-bond acceptors (Lipinski definition) is 1. The Morgan fingerprint density at radius 2 is 0.651 bits per heavy atom. The van der Waals surface area contributed by atoms with E-state index >= 15 is 0 Å². The monoisotopic (exact) mass is 801 g/mol. The van der Waals surface area contributed by atoms with Gasteiger partial charge in [0.1, 0.15) is 0 Å². The molecule has 0 aliphatic carbocycles. The molecule has 0 aliphatic rings. The lowest BCUT2D eigenvalue weighted by atomic mass is 9.87. The first-order valence-electron chi connectivity index (χ1n) is 21.7. The van der Waals surface area contributed by atoms with Crippen LogP contribution in [-0.4, -0.2) is 0 Å². The molecule has 0 saturated heterocycles. The lowest BCUT2D eigenvalue weighted by Crippen LogP contribution is -2.12. The molecular weight excluding hydrogens is 759 g/mol. The van der Waals surface area contributed by atoms with Gasteiger partial charge in [0.2, 0.25) is 0 Å². The molecule has 0 heterocycles. The molecule has 11 rings (SSSR count). The van der Waals surface area contributed by atoms with Crippen molar-refractivity contribution in [1.82, 2.24) is 0 Å². The van der Waals surface area contributed by atoms with Gasteiger partial charge in [-0.1, -0.05) is 224 Å². The fourth-order valence-electron chi connectivity index (χ4n) is 9.16. The summed E-state index contributed by atoms with van der Waals surface area (Å²) in [4.78, 5) is 2.43. The SMILES string of the molecule is c1ccc(-c2ccccc2-c2c(-c3ccccc3)cccc2N(c2ccc(-c3ccc(-c4ccc5ccccc5c4)cc3)cc2)c2ccc(-c3cccc4ccccc34)cc2)cc1. The maximum absolute atomic E-state index is 2.43. The fraction of sp³-hybridized carbons (Fsp3) is 0. The van der Waals surface area contributed by atoms with Crippen LogP contribution in [-0.2, 0) is 0 Å². The second-order valence-corrected chi connectivity index (χ2v) is 16.1. The first-order chi connectivity index (χ1) is 31.2. The zero-order valence-corrected chi connectivity index (χ0v) is 34.8. The largest absolute Gasteiger partial charge is 0.310 e. The van der Waals surface area contributed by atoms with Crippen molar-refractivity contribution in [3.05, 3.63) is 261 Å². The van der Waals surface area contributed by atoms with Crippen LogP contribution in [0, 0.1) is 0 Å². The molecule has 296 valence electrons. The first-order valence-corrected chi connectivity index (χ1v) is 21.7. The van der Waals surface area contributed by atoms with Crippen LogP contribution in [0.2, 0.25) is 0 Å². The van der Waals surface area contributed by atoms with Gasteiger partial charge >= 0.3 is 0 Å². The van der Waals surface area contributed by atoms with E-state index in [1.54, 1.807) is 0 Å². The van der Waals surface area contributed by atoms with Crippen molar-refractivity contribution in [2.75, 3.05) is 4.90 Å². The highest BCUT2D eigenvalue weighted by molar-refractivity contribution is 6.02. The predicted octanol–water partition coefficient (Wildman–Crippen LogP) is 17.5. The number of rotatable bonds is 9. The molecule has 0 saturated carbocycles. The van der Waals surface area contributed by atoms with Gasteiger partial charge in [0.05, 0.1) is 5.69 Å². The summed E-state index contributed by atoms with van der Waals surface area (Å²) in [5.41, 5.74) is 17.5. The quantitative estimate of drug-likeness (QED) is 0.141. The van der Waals surface area contributed by atoms with Crippen molar-refractivity contribution in [3.63, 3.8) is 0 Å². The highest BCUT2D eigenvalue weighted by atomic mass is 15.1. The molecule has 0 spiro atoms. The van der Waals surface area contributed by atoms with E-state index < -0.39 is 0 Å². The van der Waals surface area contributed by atoms with E-state index in [1.165, 1.54) is 88.3 Å². The number of anilines is 3. The van der Waals surface area contributed by atoms with Crippen molar-refractivity contribution in [2.45, 2.75) is 0 Å². The van der Waals surface area contributed by atoms with Crippen LogP contribution in [0.3, 0.4) is 0 Å². The first kappa shape index (κ1) is 37.7. The van der Waals surface area contributed by atoms with Crippen molar-refractivity contribution < 1.29 is 0 Å². The van der Waals surface area contributed by atoms with E-state index in [-0.39, 0.29) is 0 Å². The van der Waals surface area contributed by atoms with Crippen LogP contribution in [0.25, 0.3) is 88.3 Å². The third kappa shape index (κ3) is 7.37. The van der Waals surface area contributed by atoms with Crippen LogP contribution < -0.4 is 4.90 Å². The van der Waals surface area contributed by atoms with E-state index in [9.17, 15) is 0 Å². The highest BCUT2D eigenvalue weighted by Gasteiger charge is 2.23. The average molecular weight is 802 g/mol. The average Bonchev–Trinajstić information content (AvgIpc) is 3.37. The standard InChI is InChI=1S/C62H43N/c1-3-16-48(17-4-1)58-24-11-12-25-60(58)62-59(50-18-5-2-6-19-50)27-14-28-61(62)63(55-41-37-51(38-42-55)57-26-13-22-49-20-9-10-23-56(49)57)54-39-35-46(36-40-54)45-29-31-47(32-30-45)53-34-33-44-15-7-8-21-52(44)43-53/h1-43H. The Morgan fingerprint density at radius 3 is 1.33 bits per heavy atom. The molecule has 0 radical (unpaired) electrons. The molecule has 0 aliphatic heterocycles. The number of benzene rings is 11. The van der Waals surface area contributed by atoms with Gasteiger partial charge in [-0.3, -0.25) is 0 Å². The molecular formula is C62H43N. The molecule has 0 bridgehead atoms. The van der Waals surface area contributed by atoms with Gasteiger partial charge in [-0.15, -0.1) is 0 Å². The second kappa shape index (κ2) is 16.7. The van der Waals surface area contributed by atoms with Crippen molar-refractivity contribution >= 4 is 38.6 Å². The van der Waals surface area contributed by atoms with E-state index in [0.29, 0.717) is 0 Å². The Morgan fingerprint density at radius 1 is 0.222 bits per heavy atom. The molecule has 1 nitrogen and oxygen atoms in total. The smallest absolute Gasteiger partial charge is 0.0546 e. The topological polar surface area (TPSA) is 3.24 Å². The third-order valence-corrected chi connectivity index (χ3v) is 12.3. The Labute approximate surface area is 369 Å². The van der Waals surface area contributed by atoms with E-state index in [1.807, 2.05) is 0 Å². The Balaban J connectivity index is 1.05. The zero-order chi connectivity index (χ0) is 42.0. The maximum atomic E-state index is 2.43. The highest BCUT2D eigenvalue weighted by Crippen LogP contribution is 2.48. The van der Waals surface area contributed by atoms with Crippen molar-refractivity contribution in [2.24, 2.45) is 0 Å². The summed E-state index contributed by atoms with van der Waals surface area (Å²) in [5, 5.41) is 5.00. The summed E-state index contributed by atoms with van der Waals surface area (Å²) in [5.74, 6) is 0. The van der Waals surface area contributed by atoms with Crippen LogP contribution in [0.15, 0.2) is 261 Å². The second-order valence-electron chi connectivity index (χ2n) is 16.1. The summed E-state index contributed by atoms with van der Waals surface area (Å²) in [6.07, 6.45) is 0. The Bertz CT molecular complexity index is 3340. The molecule has 1 heteroatoms. The van der Waals surface area contributed by atoms with E-state index in [2.05, 4.69) is 266 Å². The van der Waals surface area contributed by atoms with Crippen LogP contribution in [0.4, 0.5) is 17.1 Å². The zero-order valence-electron chi connectivity index (χ0n) is 34.8. The van der Waals surface area contributed by atoms with Crippen LogP contribution in [0.1, 0.15) is 0 Å². The molecule has 0 unspecified atom stereocenters. The summed E-state index contributed by atoms with van der Waals surface area (Å²) >= 11 is 0. The number of hydrogen-bond donors (Lipinski definition) is 0. The lowest BCUT2D eigenvalue weighted by molar-refractivity contribution is 1.28. The van der Waals surface area contributed by atoms with Gasteiger partial charge in [-0.2, -0.15) is 0 Å². The minimum Gasteiger partial charge on any atom is -0.310 e. The molecule has 0 fully saturated rings. The van der Waals surface area contributed by atoms with Gasteiger partial charge in [0.25, 0.3) is 0 Å². The normalized spacial score (nSPS) is 11.2. The molecule has 11 aromatic rings. The summed E-state index contributed by atoms with van der Waals surface area (Å²) in [7, 11) is 0. The maximum Gasteiger partial charge on any atom is 0.0546 e. The molecule has 63 heavy (non-hydrogen) atoms. The van der Waals surface area contributed by atoms with Crippen molar-refractivity contribution in [3.8, 4) is 66.8 Å². The van der Waals surface area contributed by atoms with Crippen molar-refractivity contribution in [1.29, 1.82) is 0 Å². The summed E-state index contributed by atoms with van der Waals surface area (Å²) < 4.78 is 0. The lowest BCUT2D eigenvalue weighted by Gasteiger charge is -2.30. The predicted molar refractivity (Wildman–Crippen MR) is 269 cm³/mol. The van der Waals surface area contributed by atoms with Gasteiger partial charge in [-0.25, -0.2) is 0 Å². The minimum atomic E-state index is 1.08. The van der Waals surface area contributed by atoms with E-state index in [4.69, 9.17) is 0 Å². The van der Waals surface area contributed by atoms with Gasteiger partial charge < -0.3 is 4.90 Å². The van der Waals surface area contributed by atoms with E-state index in [0.717, 1.165) is 17.1 Å². The Hall–Kier alpha value is -8.26. The molecule has 0 amide bonds. The third-order valence-electron chi connectivity index (χ3n) is 12.3. The van der Waals surface area contributed by atoms with Gasteiger partial charge in [-0.05, 0) is 119 Å². The van der Waals surface area contributed by atoms with Crippen LogP contribution in [0.5, 0.6) is 0 Å². The van der Waals surface area contributed by atoms with Gasteiger partial charge in [0.15, 0.2) is 0 Å². The van der Waals surface area contributed by atoms with Crippen LogP contribution >= 0.6 is 0 Å². The molecule has 0 N–H and O–H groups in total.